The number of rotatable bonds is 3. The number of hydrogen-bond acceptors (Lipinski definition) is 4. The Morgan fingerprint density at radius 1 is 1.00 bits per heavy atom. The van der Waals surface area contributed by atoms with Crippen LogP contribution >= 0.6 is 0 Å². The number of aryl methyl sites for hydroxylation is 2. The average molecular weight is 414 g/mol. The molecule has 4 rings (SSSR count). The third-order valence-electron chi connectivity index (χ3n) is 5.59. The molecule has 3 heterocycles. The summed E-state index contributed by atoms with van der Waals surface area (Å²) in [7, 11) is 0. The van der Waals surface area contributed by atoms with Gasteiger partial charge in [-0.2, -0.15) is 0 Å². The average Bonchev–Trinajstić information content (AvgIpc) is 3.01. The summed E-state index contributed by atoms with van der Waals surface area (Å²) >= 11 is 0. The first-order chi connectivity index (χ1) is 14.8. The lowest BCUT2D eigenvalue weighted by Crippen LogP contribution is -2.54. The number of urea groups is 1. The van der Waals surface area contributed by atoms with Crippen LogP contribution in [0.3, 0.4) is 0 Å². The molecule has 1 aliphatic rings. The maximum atomic E-state index is 13.1. The highest BCUT2D eigenvalue weighted by Crippen LogP contribution is 2.27. The Morgan fingerprint density at radius 2 is 1.77 bits per heavy atom. The van der Waals surface area contributed by atoms with Crippen molar-refractivity contribution in [2.75, 3.05) is 4.90 Å². The zero-order chi connectivity index (χ0) is 22.3. The van der Waals surface area contributed by atoms with Crippen molar-refractivity contribution >= 4 is 29.6 Å². The molecule has 1 aliphatic heterocycles. The van der Waals surface area contributed by atoms with Crippen molar-refractivity contribution in [3.63, 3.8) is 0 Å². The number of aromatic nitrogens is 2. The molecule has 1 saturated heterocycles. The molecule has 7 nitrogen and oxygen atoms in total. The Balaban J connectivity index is 1.79. The molecule has 156 valence electrons. The number of pyridine rings is 1. The third-order valence-corrected chi connectivity index (χ3v) is 5.59. The Bertz CT molecular complexity index is 1260. The minimum Gasteiger partial charge on any atom is -0.318 e. The maximum absolute atomic E-state index is 13.1. The quantitative estimate of drug-likeness (QED) is 0.522. The van der Waals surface area contributed by atoms with Gasteiger partial charge in [0.15, 0.2) is 0 Å². The number of carbonyl (C=O) groups is 3. The van der Waals surface area contributed by atoms with E-state index in [-0.39, 0.29) is 5.57 Å². The molecule has 7 heteroatoms. The van der Waals surface area contributed by atoms with E-state index in [2.05, 4.69) is 34.8 Å². The monoisotopic (exact) mass is 414 g/mol. The van der Waals surface area contributed by atoms with Crippen molar-refractivity contribution in [3.8, 4) is 5.69 Å². The van der Waals surface area contributed by atoms with E-state index < -0.39 is 17.8 Å². The van der Waals surface area contributed by atoms with E-state index in [1.807, 2.05) is 32.0 Å². The molecule has 0 aliphatic carbocycles. The standard InChI is InChI=1S/C24H22N4O3/c1-14-7-5-9-21(16(14)3)27-15(2)11-18(17(27)4)12-20-22(29)26-24(31)28(23(20)30)19-8-6-10-25-13-19/h5-13H,1-4H3,(H,26,29,31)/b20-12+. The number of barbiturate groups is 1. The fraction of sp³-hybridized carbons (Fsp3) is 0.167. The van der Waals surface area contributed by atoms with Crippen molar-refractivity contribution in [2.45, 2.75) is 27.7 Å². The molecule has 31 heavy (non-hydrogen) atoms. The molecule has 4 amide bonds. The molecule has 0 bridgehead atoms. The number of amides is 4. The molecule has 0 atom stereocenters. The summed E-state index contributed by atoms with van der Waals surface area (Å²) in [5, 5.41) is 2.24. The van der Waals surface area contributed by atoms with Gasteiger partial charge in [-0.15, -0.1) is 0 Å². The summed E-state index contributed by atoms with van der Waals surface area (Å²) in [5.74, 6) is -1.40. The number of nitrogens with zero attached hydrogens (tertiary/aromatic N) is 3. The van der Waals surface area contributed by atoms with E-state index in [0.29, 0.717) is 5.69 Å². The van der Waals surface area contributed by atoms with Crippen LogP contribution in [0.4, 0.5) is 10.5 Å². The van der Waals surface area contributed by atoms with E-state index in [9.17, 15) is 14.4 Å². The zero-order valence-corrected chi connectivity index (χ0v) is 17.8. The first-order valence-corrected chi connectivity index (χ1v) is 9.86. The summed E-state index contributed by atoms with van der Waals surface area (Å²) in [6, 6.07) is 10.4. The maximum Gasteiger partial charge on any atom is 0.336 e. The molecule has 0 unspecified atom stereocenters. The predicted octanol–water partition coefficient (Wildman–Crippen LogP) is 3.77. The third kappa shape index (κ3) is 3.44. The second-order valence-corrected chi connectivity index (χ2v) is 7.55. The molecule has 0 saturated carbocycles. The number of anilines is 1. The predicted molar refractivity (Wildman–Crippen MR) is 118 cm³/mol. The van der Waals surface area contributed by atoms with Gasteiger partial charge in [-0.1, -0.05) is 12.1 Å². The Labute approximate surface area is 180 Å². The Kier molecular flexibility index (Phi) is 5.02. The van der Waals surface area contributed by atoms with E-state index in [1.165, 1.54) is 17.8 Å². The highest BCUT2D eigenvalue weighted by molar-refractivity contribution is 6.39. The lowest BCUT2D eigenvalue weighted by atomic mass is 10.1. The molecular formula is C24H22N4O3. The van der Waals surface area contributed by atoms with E-state index >= 15 is 0 Å². The van der Waals surface area contributed by atoms with Crippen LogP contribution in [0.25, 0.3) is 11.8 Å². The number of benzene rings is 1. The van der Waals surface area contributed by atoms with Crippen LogP contribution in [0.15, 0.2) is 54.4 Å². The topological polar surface area (TPSA) is 84.3 Å². The van der Waals surface area contributed by atoms with Gasteiger partial charge in [0.25, 0.3) is 11.8 Å². The van der Waals surface area contributed by atoms with Gasteiger partial charge in [-0.25, -0.2) is 9.69 Å². The number of nitrogens with one attached hydrogen (secondary N) is 1. The van der Waals surface area contributed by atoms with Crippen LogP contribution in [0.2, 0.25) is 0 Å². The SMILES string of the molecule is Cc1cccc(-n2c(C)cc(/C=C3\C(=O)NC(=O)N(c4cccnc4)C3=O)c2C)c1C. The molecular weight excluding hydrogens is 392 g/mol. The summed E-state index contributed by atoms with van der Waals surface area (Å²) < 4.78 is 2.10. The number of imide groups is 2. The lowest BCUT2D eigenvalue weighted by Gasteiger charge is -2.26. The van der Waals surface area contributed by atoms with Gasteiger partial charge in [-0.05, 0) is 74.7 Å². The minimum atomic E-state index is -0.791. The summed E-state index contributed by atoms with van der Waals surface area (Å²) in [5.41, 5.74) is 6.17. The van der Waals surface area contributed by atoms with Crippen molar-refractivity contribution in [3.05, 3.63) is 82.4 Å². The van der Waals surface area contributed by atoms with Crippen LogP contribution in [0.5, 0.6) is 0 Å². The summed E-state index contributed by atoms with van der Waals surface area (Å²) in [6.45, 7) is 8.05. The van der Waals surface area contributed by atoms with Crippen LogP contribution in [-0.4, -0.2) is 27.4 Å². The molecule has 1 aromatic carbocycles. The van der Waals surface area contributed by atoms with Crippen molar-refractivity contribution in [2.24, 2.45) is 0 Å². The largest absolute Gasteiger partial charge is 0.336 e. The Hall–Kier alpha value is -4.00. The van der Waals surface area contributed by atoms with Gasteiger partial charge in [0.2, 0.25) is 0 Å². The fourth-order valence-electron chi connectivity index (χ4n) is 3.82. The fourth-order valence-corrected chi connectivity index (χ4v) is 3.82. The first-order valence-electron chi connectivity index (χ1n) is 9.86. The molecule has 2 aromatic heterocycles. The van der Waals surface area contributed by atoms with E-state index in [4.69, 9.17) is 0 Å². The van der Waals surface area contributed by atoms with Crippen LogP contribution in [-0.2, 0) is 9.59 Å². The zero-order valence-electron chi connectivity index (χ0n) is 17.8. The molecule has 0 radical (unpaired) electrons. The molecule has 1 fully saturated rings. The van der Waals surface area contributed by atoms with Crippen LogP contribution < -0.4 is 10.2 Å². The minimum absolute atomic E-state index is 0.107. The van der Waals surface area contributed by atoms with Gasteiger partial charge in [-0.3, -0.25) is 19.9 Å². The van der Waals surface area contributed by atoms with Crippen molar-refractivity contribution in [1.29, 1.82) is 0 Å². The van der Waals surface area contributed by atoms with E-state index in [1.54, 1.807) is 18.3 Å². The van der Waals surface area contributed by atoms with Crippen molar-refractivity contribution < 1.29 is 14.4 Å². The van der Waals surface area contributed by atoms with Gasteiger partial charge < -0.3 is 4.57 Å². The Morgan fingerprint density at radius 3 is 2.48 bits per heavy atom. The van der Waals surface area contributed by atoms with Gasteiger partial charge in [0.1, 0.15) is 5.57 Å². The highest BCUT2D eigenvalue weighted by atomic mass is 16.2. The summed E-state index contributed by atoms with van der Waals surface area (Å²) in [6.07, 6.45) is 4.48. The normalized spacial score (nSPS) is 15.5. The molecule has 1 N–H and O–H groups in total. The molecule has 3 aromatic rings. The van der Waals surface area contributed by atoms with Crippen LogP contribution in [0.1, 0.15) is 28.1 Å². The summed E-state index contributed by atoms with van der Waals surface area (Å²) in [4.78, 5) is 42.7. The van der Waals surface area contributed by atoms with Gasteiger partial charge >= 0.3 is 6.03 Å². The molecule has 0 spiro atoms. The van der Waals surface area contributed by atoms with Crippen molar-refractivity contribution in [1.82, 2.24) is 14.9 Å². The smallest absolute Gasteiger partial charge is 0.318 e. The number of carbonyl (C=O) groups excluding carboxylic acids is 3. The van der Waals surface area contributed by atoms with Gasteiger partial charge in [0, 0.05) is 23.3 Å². The van der Waals surface area contributed by atoms with Gasteiger partial charge in [0.05, 0.1) is 11.9 Å². The second kappa shape index (κ2) is 7.68. The highest BCUT2D eigenvalue weighted by Gasteiger charge is 2.37. The second-order valence-electron chi connectivity index (χ2n) is 7.55. The lowest BCUT2D eigenvalue weighted by molar-refractivity contribution is -0.122. The van der Waals surface area contributed by atoms with Crippen LogP contribution in [0, 0.1) is 27.7 Å². The van der Waals surface area contributed by atoms with E-state index in [0.717, 1.165) is 33.1 Å². The number of hydrogen-bond donors (Lipinski definition) is 1. The first kappa shape index (κ1) is 20.3.